The monoisotopic (exact) mass is 230 g/mol. The minimum atomic E-state index is 0.557. The lowest BCUT2D eigenvalue weighted by atomic mass is 9.97. The van der Waals surface area contributed by atoms with Gasteiger partial charge in [0.2, 0.25) is 0 Å². The molecule has 0 fully saturated rings. The van der Waals surface area contributed by atoms with Crippen LogP contribution in [0.25, 0.3) is 0 Å². The van der Waals surface area contributed by atoms with Crippen LogP contribution in [-0.4, -0.2) is 5.88 Å². The molecule has 1 unspecified atom stereocenters. The fraction of sp³-hybridized carbons (Fsp3) is 0.500. The first-order valence-corrected chi connectivity index (χ1v) is 5.98. The van der Waals surface area contributed by atoms with Crippen LogP contribution in [0.15, 0.2) is 24.3 Å². The van der Waals surface area contributed by atoms with E-state index in [1.807, 2.05) is 18.2 Å². The highest BCUT2D eigenvalue weighted by atomic mass is 35.5. The Morgan fingerprint density at radius 2 is 2.00 bits per heavy atom. The van der Waals surface area contributed by atoms with E-state index in [1.54, 1.807) is 0 Å². The third-order valence-electron chi connectivity index (χ3n) is 2.38. The topological polar surface area (TPSA) is 0 Å². The molecule has 0 heterocycles. The molecule has 2 heteroatoms. The van der Waals surface area contributed by atoms with E-state index in [-0.39, 0.29) is 0 Å². The predicted molar refractivity (Wildman–Crippen MR) is 64.3 cm³/mol. The van der Waals surface area contributed by atoms with Gasteiger partial charge in [0, 0.05) is 10.9 Å². The Kier molecular flexibility index (Phi) is 5.36. The van der Waals surface area contributed by atoms with Crippen molar-refractivity contribution in [2.75, 3.05) is 5.88 Å². The Morgan fingerprint density at radius 3 is 2.57 bits per heavy atom. The zero-order chi connectivity index (χ0) is 10.4. The SMILES string of the molecule is CCCC(CCl)Cc1ccccc1Cl. The average molecular weight is 231 g/mol. The van der Waals surface area contributed by atoms with Gasteiger partial charge in [-0.2, -0.15) is 0 Å². The van der Waals surface area contributed by atoms with Gasteiger partial charge in [-0.05, 0) is 30.4 Å². The molecule has 0 saturated heterocycles. The summed E-state index contributed by atoms with van der Waals surface area (Å²) in [7, 11) is 0. The molecule has 0 aromatic heterocycles. The van der Waals surface area contributed by atoms with E-state index in [2.05, 4.69) is 13.0 Å². The number of rotatable bonds is 5. The molecule has 0 nitrogen and oxygen atoms in total. The predicted octanol–water partition coefficient (Wildman–Crippen LogP) is 4.54. The van der Waals surface area contributed by atoms with Gasteiger partial charge in [-0.15, -0.1) is 11.6 Å². The second-order valence-electron chi connectivity index (χ2n) is 3.60. The largest absolute Gasteiger partial charge is 0.126 e. The molecule has 0 spiro atoms. The molecule has 1 rings (SSSR count). The van der Waals surface area contributed by atoms with Gasteiger partial charge in [-0.25, -0.2) is 0 Å². The zero-order valence-corrected chi connectivity index (χ0v) is 9.98. The van der Waals surface area contributed by atoms with Gasteiger partial charge >= 0.3 is 0 Å². The van der Waals surface area contributed by atoms with Crippen LogP contribution in [0, 0.1) is 5.92 Å². The van der Waals surface area contributed by atoms with Crippen LogP contribution < -0.4 is 0 Å². The van der Waals surface area contributed by atoms with Gasteiger partial charge in [0.25, 0.3) is 0 Å². The highest BCUT2D eigenvalue weighted by Gasteiger charge is 2.09. The summed E-state index contributed by atoms with van der Waals surface area (Å²) < 4.78 is 0. The van der Waals surface area contributed by atoms with Crippen molar-refractivity contribution in [1.82, 2.24) is 0 Å². The maximum absolute atomic E-state index is 6.08. The molecule has 0 N–H and O–H groups in total. The smallest absolute Gasteiger partial charge is 0.0438 e. The Bertz CT molecular complexity index is 271. The number of hydrogen-bond acceptors (Lipinski definition) is 0. The first-order valence-electron chi connectivity index (χ1n) is 5.07. The summed E-state index contributed by atoms with van der Waals surface area (Å²) in [5.74, 6) is 1.28. The molecule has 0 bridgehead atoms. The molecular weight excluding hydrogens is 215 g/mol. The minimum Gasteiger partial charge on any atom is -0.126 e. The second-order valence-corrected chi connectivity index (χ2v) is 4.32. The van der Waals surface area contributed by atoms with Crippen LogP contribution in [0.4, 0.5) is 0 Å². The lowest BCUT2D eigenvalue weighted by molar-refractivity contribution is 0.528. The van der Waals surface area contributed by atoms with Crippen LogP contribution in [0.1, 0.15) is 25.3 Å². The molecule has 0 aliphatic rings. The maximum atomic E-state index is 6.08. The minimum absolute atomic E-state index is 0.557. The van der Waals surface area contributed by atoms with E-state index in [1.165, 1.54) is 18.4 Å². The molecule has 78 valence electrons. The second kappa shape index (κ2) is 6.31. The Morgan fingerprint density at radius 1 is 1.29 bits per heavy atom. The van der Waals surface area contributed by atoms with E-state index in [0.29, 0.717) is 5.92 Å². The molecule has 1 aromatic carbocycles. The number of hydrogen-bond donors (Lipinski definition) is 0. The highest BCUT2D eigenvalue weighted by molar-refractivity contribution is 6.31. The summed E-state index contributed by atoms with van der Waals surface area (Å²) in [5.41, 5.74) is 1.22. The lowest BCUT2D eigenvalue weighted by Gasteiger charge is -2.13. The van der Waals surface area contributed by atoms with Crippen molar-refractivity contribution >= 4 is 23.2 Å². The molecule has 14 heavy (non-hydrogen) atoms. The van der Waals surface area contributed by atoms with Gasteiger partial charge in [-0.3, -0.25) is 0 Å². The lowest BCUT2D eigenvalue weighted by Crippen LogP contribution is -2.06. The van der Waals surface area contributed by atoms with Crippen molar-refractivity contribution in [3.05, 3.63) is 34.9 Å². The molecule has 1 atom stereocenters. The van der Waals surface area contributed by atoms with Crippen molar-refractivity contribution in [2.24, 2.45) is 5.92 Å². The molecule has 0 aliphatic carbocycles. The van der Waals surface area contributed by atoms with Crippen LogP contribution in [0.2, 0.25) is 5.02 Å². The Balaban J connectivity index is 2.62. The molecule has 1 aromatic rings. The molecule has 0 radical (unpaired) electrons. The number of alkyl halides is 1. The normalized spacial score (nSPS) is 12.8. The van der Waals surface area contributed by atoms with Gasteiger partial charge in [0.05, 0.1) is 0 Å². The molecule has 0 amide bonds. The third kappa shape index (κ3) is 3.51. The summed E-state index contributed by atoms with van der Waals surface area (Å²) in [6, 6.07) is 8.01. The number of benzene rings is 1. The van der Waals surface area contributed by atoms with Crippen molar-refractivity contribution < 1.29 is 0 Å². The van der Waals surface area contributed by atoms with Crippen LogP contribution >= 0.6 is 23.2 Å². The fourth-order valence-electron chi connectivity index (χ4n) is 1.62. The van der Waals surface area contributed by atoms with Crippen molar-refractivity contribution in [3.8, 4) is 0 Å². The van der Waals surface area contributed by atoms with Gasteiger partial charge in [0.1, 0.15) is 0 Å². The van der Waals surface area contributed by atoms with Crippen LogP contribution in [-0.2, 0) is 6.42 Å². The summed E-state index contributed by atoms with van der Waals surface area (Å²) in [6.07, 6.45) is 3.35. The average Bonchev–Trinajstić information content (AvgIpc) is 2.20. The molecule has 0 aliphatic heterocycles. The van der Waals surface area contributed by atoms with Crippen molar-refractivity contribution in [1.29, 1.82) is 0 Å². The van der Waals surface area contributed by atoms with Crippen molar-refractivity contribution in [2.45, 2.75) is 26.2 Å². The summed E-state index contributed by atoms with van der Waals surface area (Å²) in [5, 5.41) is 0.860. The van der Waals surface area contributed by atoms with Gasteiger partial charge in [0.15, 0.2) is 0 Å². The highest BCUT2D eigenvalue weighted by Crippen LogP contribution is 2.21. The molecular formula is C12H16Cl2. The zero-order valence-electron chi connectivity index (χ0n) is 8.47. The van der Waals surface area contributed by atoms with Crippen molar-refractivity contribution in [3.63, 3.8) is 0 Å². The summed E-state index contributed by atoms with van der Waals surface area (Å²) in [6.45, 7) is 2.19. The third-order valence-corrected chi connectivity index (χ3v) is 3.19. The fourth-order valence-corrected chi connectivity index (χ4v) is 2.09. The summed E-state index contributed by atoms with van der Waals surface area (Å²) >= 11 is 12.0. The Labute approximate surface area is 96.2 Å². The first-order chi connectivity index (χ1) is 6.77. The van der Waals surface area contributed by atoms with Gasteiger partial charge < -0.3 is 0 Å². The maximum Gasteiger partial charge on any atom is 0.0438 e. The van der Waals surface area contributed by atoms with Crippen LogP contribution in [0.3, 0.4) is 0 Å². The van der Waals surface area contributed by atoms with E-state index >= 15 is 0 Å². The van der Waals surface area contributed by atoms with E-state index < -0.39 is 0 Å². The van der Waals surface area contributed by atoms with E-state index in [4.69, 9.17) is 23.2 Å². The Hall–Kier alpha value is -0.200. The standard InChI is InChI=1S/C12H16Cl2/c1-2-5-10(9-13)8-11-6-3-4-7-12(11)14/h3-4,6-7,10H,2,5,8-9H2,1H3. The number of halogens is 2. The van der Waals surface area contributed by atoms with E-state index in [0.717, 1.165) is 17.3 Å². The van der Waals surface area contributed by atoms with E-state index in [9.17, 15) is 0 Å². The van der Waals surface area contributed by atoms with Crippen LogP contribution in [0.5, 0.6) is 0 Å². The first kappa shape index (κ1) is 11.9. The summed E-state index contributed by atoms with van der Waals surface area (Å²) in [4.78, 5) is 0. The molecule has 0 saturated carbocycles. The quantitative estimate of drug-likeness (QED) is 0.652. The van der Waals surface area contributed by atoms with Gasteiger partial charge in [-0.1, -0.05) is 43.1 Å².